The predicted octanol–water partition coefficient (Wildman–Crippen LogP) is 1.48. The number of nitrogens with two attached hydrogens (primary N) is 1. The van der Waals surface area contributed by atoms with Gasteiger partial charge in [0.2, 0.25) is 0 Å². The quantitative estimate of drug-likeness (QED) is 0.534. The van der Waals surface area contributed by atoms with Crippen molar-refractivity contribution in [1.29, 1.82) is 0 Å². The summed E-state index contributed by atoms with van der Waals surface area (Å²) in [5.41, 5.74) is 6.06. The number of ether oxygens (including phenoxy) is 1. The van der Waals surface area contributed by atoms with Gasteiger partial charge in [-0.05, 0) is 12.8 Å². The van der Waals surface area contributed by atoms with Gasteiger partial charge in [0.15, 0.2) is 0 Å². The molecule has 1 heterocycles. The normalized spacial score (nSPS) is 9.92. The van der Waals surface area contributed by atoms with E-state index < -0.39 is 0 Å². The number of aromatic nitrogens is 1. The lowest BCUT2D eigenvalue weighted by atomic mass is 10.3. The summed E-state index contributed by atoms with van der Waals surface area (Å²) in [7, 11) is 0. The van der Waals surface area contributed by atoms with E-state index >= 15 is 0 Å². The Kier molecular flexibility index (Phi) is 4.05. The summed E-state index contributed by atoms with van der Waals surface area (Å²) < 4.78 is 10.2. The molecule has 0 aromatic carbocycles. The second-order valence-electron chi connectivity index (χ2n) is 2.59. The third kappa shape index (κ3) is 3.29. The molecule has 4 heteroatoms. The van der Waals surface area contributed by atoms with Crippen molar-refractivity contribution in [2.24, 2.45) is 5.73 Å². The van der Waals surface area contributed by atoms with Crippen LogP contribution in [-0.4, -0.2) is 11.6 Å². The van der Waals surface area contributed by atoms with Crippen molar-refractivity contribution in [1.82, 2.24) is 4.98 Å². The Morgan fingerprint density at radius 1 is 1.69 bits per heavy atom. The van der Waals surface area contributed by atoms with Crippen LogP contribution in [0.4, 0.5) is 0 Å². The van der Waals surface area contributed by atoms with Crippen molar-refractivity contribution in [2.75, 3.05) is 6.61 Å². The van der Waals surface area contributed by atoms with Crippen LogP contribution in [0.1, 0.15) is 18.5 Å². The maximum Gasteiger partial charge on any atom is 0.393 e. The average Bonchev–Trinajstić information content (AvgIpc) is 2.60. The number of hydrogen-bond donors (Lipinski definition) is 1. The van der Waals surface area contributed by atoms with Gasteiger partial charge in [-0.2, -0.15) is 4.98 Å². The Balaban J connectivity index is 2.24. The van der Waals surface area contributed by atoms with Crippen LogP contribution in [0.15, 0.2) is 23.3 Å². The zero-order valence-corrected chi connectivity index (χ0v) is 7.53. The molecule has 0 aliphatic carbocycles. The SMILES string of the molecule is C=CCCCOc1nc(CN)co1. The summed E-state index contributed by atoms with van der Waals surface area (Å²) in [6.07, 6.45) is 5.51. The molecular weight excluding hydrogens is 168 g/mol. The van der Waals surface area contributed by atoms with E-state index in [1.54, 1.807) is 0 Å². The van der Waals surface area contributed by atoms with Gasteiger partial charge in [0.05, 0.1) is 12.3 Å². The van der Waals surface area contributed by atoms with Gasteiger partial charge < -0.3 is 14.9 Å². The molecule has 0 spiro atoms. The fourth-order valence-electron chi connectivity index (χ4n) is 0.836. The van der Waals surface area contributed by atoms with Crippen LogP contribution in [0.2, 0.25) is 0 Å². The molecule has 0 saturated carbocycles. The van der Waals surface area contributed by atoms with Crippen molar-refractivity contribution in [3.05, 3.63) is 24.6 Å². The molecule has 0 aliphatic rings. The summed E-state index contributed by atoms with van der Waals surface area (Å²) >= 11 is 0. The van der Waals surface area contributed by atoms with E-state index in [0.717, 1.165) is 12.8 Å². The third-order valence-corrected chi connectivity index (χ3v) is 1.52. The van der Waals surface area contributed by atoms with Gasteiger partial charge >= 0.3 is 6.08 Å². The van der Waals surface area contributed by atoms with Gasteiger partial charge in [-0.1, -0.05) is 6.08 Å². The Hall–Kier alpha value is -1.29. The monoisotopic (exact) mass is 182 g/mol. The first-order chi connectivity index (χ1) is 6.36. The number of oxazole rings is 1. The Bertz CT molecular complexity index is 258. The Labute approximate surface area is 77.4 Å². The molecule has 0 amide bonds. The maximum absolute atomic E-state index is 5.35. The second-order valence-corrected chi connectivity index (χ2v) is 2.59. The minimum absolute atomic E-state index is 0.296. The van der Waals surface area contributed by atoms with Gasteiger partial charge in [-0.3, -0.25) is 0 Å². The van der Waals surface area contributed by atoms with Crippen molar-refractivity contribution in [3.8, 4) is 6.08 Å². The van der Waals surface area contributed by atoms with Crippen LogP contribution in [0.25, 0.3) is 0 Å². The zero-order valence-electron chi connectivity index (χ0n) is 7.53. The van der Waals surface area contributed by atoms with Crippen molar-refractivity contribution in [2.45, 2.75) is 19.4 Å². The summed E-state index contributed by atoms with van der Waals surface area (Å²) in [5, 5.41) is 0. The van der Waals surface area contributed by atoms with Crippen molar-refractivity contribution < 1.29 is 9.15 Å². The van der Waals surface area contributed by atoms with E-state index in [-0.39, 0.29) is 0 Å². The molecule has 13 heavy (non-hydrogen) atoms. The molecule has 1 aromatic rings. The molecule has 0 unspecified atom stereocenters. The fraction of sp³-hybridized carbons (Fsp3) is 0.444. The molecule has 0 aliphatic heterocycles. The average molecular weight is 182 g/mol. The van der Waals surface area contributed by atoms with Crippen LogP contribution in [0, 0.1) is 0 Å². The first-order valence-corrected chi connectivity index (χ1v) is 4.25. The van der Waals surface area contributed by atoms with E-state index in [2.05, 4.69) is 11.6 Å². The van der Waals surface area contributed by atoms with Gasteiger partial charge in [0.1, 0.15) is 6.26 Å². The first kappa shape index (κ1) is 9.80. The summed E-state index contributed by atoms with van der Waals surface area (Å²) in [4.78, 5) is 3.99. The minimum atomic E-state index is 0.296. The van der Waals surface area contributed by atoms with Crippen molar-refractivity contribution in [3.63, 3.8) is 0 Å². The molecule has 0 radical (unpaired) electrons. The van der Waals surface area contributed by atoms with E-state index in [1.165, 1.54) is 6.26 Å². The largest absolute Gasteiger partial charge is 0.450 e. The molecule has 0 bridgehead atoms. The molecular formula is C9H14N2O2. The van der Waals surface area contributed by atoms with Crippen LogP contribution in [0.3, 0.4) is 0 Å². The van der Waals surface area contributed by atoms with Crippen LogP contribution in [0.5, 0.6) is 6.08 Å². The number of rotatable bonds is 6. The fourth-order valence-corrected chi connectivity index (χ4v) is 0.836. The molecule has 0 atom stereocenters. The van der Waals surface area contributed by atoms with E-state index in [4.69, 9.17) is 14.9 Å². The molecule has 1 rings (SSSR count). The third-order valence-electron chi connectivity index (χ3n) is 1.52. The van der Waals surface area contributed by atoms with Crippen LogP contribution in [-0.2, 0) is 6.54 Å². The topological polar surface area (TPSA) is 61.3 Å². The smallest absolute Gasteiger partial charge is 0.393 e. The summed E-state index contributed by atoms with van der Waals surface area (Å²) in [5.74, 6) is 0. The Morgan fingerprint density at radius 2 is 2.54 bits per heavy atom. The number of hydrogen-bond acceptors (Lipinski definition) is 4. The molecule has 4 nitrogen and oxygen atoms in total. The summed E-state index contributed by atoms with van der Waals surface area (Å²) in [6.45, 7) is 4.58. The lowest BCUT2D eigenvalue weighted by Gasteiger charge is -1.97. The zero-order chi connectivity index (χ0) is 9.52. The summed E-state index contributed by atoms with van der Waals surface area (Å²) in [6, 6.07) is 0. The van der Waals surface area contributed by atoms with Gasteiger partial charge in [0.25, 0.3) is 0 Å². The molecule has 2 N–H and O–H groups in total. The highest BCUT2D eigenvalue weighted by Crippen LogP contribution is 2.09. The molecule has 1 aromatic heterocycles. The highest BCUT2D eigenvalue weighted by molar-refractivity contribution is 4.98. The number of nitrogens with zero attached hydrogens (tertiary/aromatic N) is 1. The highest BCUT2D eigenvalue weighted by atomic mass is 16.6. The van der Waals surface area contributed by atoms with Gasteiger partial charge in [0, 0.05) is 6.54 Å². The predicted molar refractivity (Wildman–Crippen MR) is 49.3 cm³/mol. The molecule has 0 saturated heterocycles. The molecule has 0 fully saturated rings. The second kappa shape index (κ2) is 5.37. The van der Waals surface area contributed by atoms with Crippen molar-refractivity contribution >= 4 is 0 Å². The standard InChI is InChI=1S/C9H14N2O2/c1-2-3-4-5-12-9-11-8(6-10)7-13-9/h2,7H,1,3-6,10H2. The van der Waals surface area contributed by atoms with Gasteiger partial charge in [-0.25, -0.2) is 0 Å². The van der Waals surface area contributed by atoms with Crippen LogP contribution >= 0.6 is 0 Å². The van der Waals surface area contributed by atoms with E-state index in [1.807, 2.05) is 6.08 Å². The Morgan fingerprint density at radius 3 is 3.15 bits per heavy atom. The lowest BCUT2D eigenvalue weighted by Crippen LogP contribution is -1.99. The number of allylic oxidation sites excluding steroid dienone is 1. The first-order valence-electron chi connectivity index (χ1n) is 4.25. The van der Waals surface area contributed by atoms with Crippen LogP contribution < -0.4 is 10.5 Å². The minimum Gasteiger partial charge on any atom is -0.450 e. The number of unbranched alkanes of at least 4 members (excludes halogenated alkanes) is 1. The lowest BCUT2D eigenvalue weighted by molar-refractivity contribution is 0.227. The van der Waals surface area contributed by atoms with Gasteiger partial charge in [-0.15, -0.1) is 6.58 Å². The van der Waals surface area contributed by atoms with E-state index in [0.29, 0.717) is 24.9 Å². The maximum atomic E-state index is 5.35. The van der Waals surface area contributed by atoms with E-state index in [9.17, 15) is 0 Å². The highest BCUT2D eigenvalue weighted by Gasteiger charge is 2.01. The molecule has 72 valence electrons.